The van der Waals surface area contributed by atoms with Crippen molar-refractivity contribution in [1.29, 1.82) is 0 Å². The molecule has 0 radical (unpaired) electrons. The molecule has 11 heteroatoms. The molecule has 1 unspecified atom stereocenters. The molecule has 0 aliphatic carbocycles. The topological polar surface area (TPSA) is 110 Å². The van der Waals surface area contributed by atoms with E-state index >= 15 is 0 Å². The van der Waals surface area contributed by atoms with Crippen LogP contribution in [0.3, 0.4) is 0 Å². The molecule has 1 amide bonds. The maximum Gasteiger partial charge on any atom is 0.323 e. The summed E-state index contributed by atoms with van der Waals surface area (Å²) in [5.41, 5.74) is 2.90. The van der Waals surface area contributed by atoms with Crippen molar-refractivity contribution >= 4 is 22.8 Å². The van der Waals surface area contributed by atoms with Crippen LogP contribution in [0.1, 0.15) is 42.6 Å². The van der Waals surface area contributed by atoms with E-state index < -0.39 is 5.82 Å². The number of ether oxygens (including phenoxy) is 1. The van der Waals surface area contributed by atoms with Crippen LogP contribution in [0.5, 0.6) is 11.5 Å². The number of imidazole rings is 1. The Hall–Kier alpha value is -4.25. The smallest absolute Gasteiger partial charge is 0.323 e. The highest BCUT2D eigenvalue weighted by atomic mass is 19.1. The van der Waals surface area contributed by atoms with Crippen LogP contribution in [0.2, 0.25) is 0 Å². The molecule has 2 N–H and O–H groups in total. The number of fused-ring (bicyclic) bond motifs is 1. The van der Waals surface area contributed by atoms with E-state index in [0.717, 1.165) is 56.6 Å². The normalized spacial score (nSPS) is 19.1. The molecule has 2 aliphatic heterocycles. The summed E-state index contributed by atoms with van der Waals surface area (Å²) in [4.78, 5) is 45.3. The van der Waals surface area contributed by atoms with Crippen LogP contribution >= 0.6 is 0 Å². The first-order valence-electron chi connectivity index (χ1n) is 13.9. The van der Waals surface area contributed by atoms with Gasteiger partial charge in [0.25, 0.3) is 5.91 Å². The highest BCUT2D eigenvalue weighted by Crippen LogP contribution is 2.43. The molecule has 6 rings (SSSR count). The fourth-order valence-electron chi connectivity index (χ4n) is 5.97. The van der Waals surface area contributed by atoms with Crippen molar-refractivity contribution in [3.63, 3.8) is 0 Å². The highest BCUT2D eigenvalue weighted by Gasteiger charge is 2.44. The molecule has 41 heavy (non-hydrogen) atoms. The Labute approximate surface area is 237 Å². The first-order chi connectivity index (χ1) is 19.7. The van der Waals surface area contributed by atoms with E-state index in [4.69, 9.17) is 4.74 Å². The third kappa shape index (κ3) is 5.41. The van der Waals surface area contributed by atoms with Gasteiger partial charge in [0.1, 0.15) is 17.9 Å². The predicted molar refractivity (Wildman–Crippen MR) is 154 cm³/mol. The zero-order chi connectivity index (χ0) is 28.7. The summed E-state index contributed by atoms with van der Waals surface area (Å²) in [6.45, 7) is 8.22. The van der Waals surface area contributed by atoms with Gasteiger partial charge in [-0.1, -0.05) is 6.07 Å². The minimum absolute atomic E-state index is 0.0541. The number of amides is 1. The van der Waals surface area contributed by atoms with Gasteiger partial charge in [-0.25, -0.2) is 19.2 Å². The van der Waals surface area contributed by atoms with Crippen molar-refractivity contribution in [2.24, 2.45) is 5.41 Å². The number of hydrogen-bond acceptors (Lipinski definition) is 7. The lowest BCUT2D eigenvalue weighted by molar-refractivity contribution is 0.0751. The molecular formula is C30H34FN7O3. The number of carbonyl (C=O) groups excluding carboxylic acids is 1. The SMILES string of the molecule is CC(C)N(C)C(=O)c1cc(F)ccc1Oc1cncnc1N1CCC2(CCN(Cc3ccc4[nH]c(=O)[nH]c4c3)C2)C1. The second-order valence-corrected chi connectivity index (χ2v) is 11.6. The number of nitrogens with zero attached hydrogens (tertiary/aromatic N) is 5. The minimum atomic E-state index is -0.504. The third-order valence-corrected chi connectivity index (χ3v) is 8.39. The maximum atomic E-state index is 14.2. The van der Waals surface area contributed by atoms with Crippen molar-refractivity contribution in [1.82, 2.24) is 29.7 Å². The molecular weight excluding hydrogens is 525 g/mol. The van der Waals surface area contributed by atoms with Crippen LogP contribution in [0, 0.1) is 11.2 Å². The van der Waals surface area contributed by atoms with Crippen molar-refractivity contribution < 1.29 is 13.9 Å². The minimum Gasteiger partial charge on any atom is -0.451 e. The molecule has 4 heterocycles. The van der Waals surface area contributed by atoms with Crippen molar-refractivity contribution in [2.75, 3.05) is 38.1 Å². The number of likely N-dealkylation sites (tertiary alicyclic amines) is 1. The standard InChI is InChI=1S/C30H34FN7O3/c1-19(2)36(3)28(39)22-13-21(31)5-7-25(22)41-26-14-32-18-33-27(26)38-11-9-30(17-38)8-10-37(16-30)15-20-4-6-23-24(12-20)35-29(40)34-23/h4-7,12-14,18-19H,8-11,15-17H2,1-3H3,(H2,34,35,40). The Morgan fingerprint density at radius 1 is 1.10 bits per heavy atom. The Balaban J connectivity index is 1.17. The number of H-pyrrole nitrogens is 2. The van der Waals surface area contributed by atoms with E-state index in [9.17, 15) is 14.0 Å². The number of anilines is 1. The average molecular weight is 560 g/mol. The molecule has 214 valence electrons. The van der Waals surface area contributed by atoms with Gasteiger partial charge in [-0.15, -0.1) is 0 Å². The zero-order valence-corrected chi connectivity index (χ0v) is 23.5. The first kappa shape index (κ1) is 26.9. The Morgan fingerprint density at radius 2 is 1.90 bits per heavy atom. The van der Waals surface area contributed by atoms with Crippen LogP contribution in [0.4, 0.5) is 10.2 Å². The molecule has 2 aromatic carbocycles. The summed E-state index contributed by atoms with van der Waals surface area (Å²) < 4.78 is 20.4. The van der Waals surface area contributed by atoms with Gasteiger partial charge in [0, 0.05) is 44.7 Å². The number of carbonyl (C=O) groups is 1. The number of benzene rings is 2. The van der Waals surface area contributed by atoms with E-state index in [-0.39, 0.29) is 34.4 Å². The van der Waals surface area contributed by atoms with Gasteiger partial charge in [0.05, 0.1) is 22.8 Å². The summed E-state index contributed by atoms with van der Waals surface area (Å²) in [5.74, 6) is 0.539. The molecule has 0 bridgehead atoms. The zero-order valence-electron chi connectivity index (χ0n) is 23.5. The van der Waals surface area contributed by atoms with Crippen LogP contribution in [-0.2, 0) is 6.54 Å². The maximum absolute atomic E-state index is 14.2. The summed E-state index contributed by atoms with van der Waals surface area (Å²) >= 11 is 0. The molecule has 0 saturated carbocycles. The lowest BCUT2D eigenvalue weighted by Gasteiger charge is -2.26. The highest BCUT2D eigenvalue weighted by molar-refractivity contribution is 5.97. The molecule has 2 aliphatic rings. The number of nitrogens with one attached hydrogen (secondary N) is 2. The number of halogens is 1. The molecule has 2 saturated heterocycles. The van der Waals surface area contributed by atoms with Crippen LogP contribution in [0.15, 0.2) is 53.7 Å². The van der Waals surface area contributed by atoms with Gasteiger partial charge in [0.2, 0.25) is 0 Å². The van der Waals surface area contributed by atoms with Crippen LogP contribution < -0.4 is 15.3 Å². The second-order valence-electron chi connectivity index (χ2n) is 11.6. The third-order valence-electron chi connectivity index (χ3n) is 8.39. The lowest BCUT2D eigenvalue weighted by atomic mass is 9.86. The lowest BCUT2D eigenvalue weighted by Crippen LogP contribution is -2.33. The van der Waals surface area contributed by atoms with Crippen LogP contribution in [0.25, 0.3) is 11.0 Å². The molecule has 4 aromatic rings. The van der Waals surface area contributed by atoms with Crippen LogP contribution in [-0.4, -0.2) is 74.9 Å². The van der Waals surface area contributed by atoms with E-state index in [2.05, 4.69) is 35.8 Å². The van der Waals surface area contributed by atoms with Crippen molar-refractivity contribution in [3.8, 4) is 11.5 Å². The monoisotopic (exact) mass is 559 g/mol. The van der Waals surface area contributed by atoms with E-state index in [1.165, 1.54) is 30.1 Å². The van der Waals surface area contributed by atoms with Gasteiger partial charge in [-0.2, -0.15) is 0 Å². The fraction of sp³-hybridized carbons (Fsp3) is 0.400. The van der Waals surface area contributed by atoms with E-state index in [0.29, 0.717) is 11.6 Å². The summed E-state index contributed by atoms with van der Waals surface area (Å²) in [7, 11) is 1.69. The molecule has 10 nitrogen and oxygen atoms in total. The molecule has 1 spiro atoms. The fourth-order valence-corrected chi connectivity index (χ4v) is 5.97. The number of hydrogen-bond donors (Lipinski definition) is 2. The number of rotatable bonds is 7. The van der Waals surface area contributed by atoms with E-state index in [1.807, 2.05) is 26.0 Å². The second kappa shape index (κ2) is 10.6. The van der Waals surface area contributed by atoms with Gasteiger partial charge in [0.15, 0.2) is 11.6 Å². The summed E-state index contributed by atoms with van der Waals surface area (Å²) in [6, 6.07) is 9.98. The number of aromatic nitrogens is 4. The molecule has 2 fully saturated rings. The van der Waals surface area contributed by atoms with Crippen molar-refractivity contribution in [2.45, 2.75) is 39.3 Å². The molecule has 2 aromatic heterocycles. The summed E-state index contributed by atoms with van der Waals surface area (Å²) in [6.07, 6.45) is 5.20. The van der Waals surface area contributed by atoms with Gasteiger partial charge >= 0.3 is 5.69 Å². The summed E-state index contributed by atoms with van der Waals surface area (Å²) in [5, 5.41) is 0. The van der Waals surface area contributed by atoms with E-state index in [1.54, 1.807) is 18.1 Å². The molecule has 1 atom stereocenters. The van der Waals surface area contributed by atoms with Gasteiger partial charge in [-0.3, -0.25) is 9.69 Å². The Morgan fingerprint density at radius 3 is 2.73 bits per heavy atom. The first-order valence-corrected chi connectivity index (χ1v) is 13.9. The number of aromatic amines is 2. The predicted octanol–water partition coefficient (Wildman–Crippen LogP) is 4.16. The Kier molecular flexibility index (Phi) is 6.98. The average Bonchev–Trinajstić information content (AvgIpc) is 3.66. The van der Waals surface area contributed by atoms with Crippen molar-refractivity contribution in [3.05, 3.63) is 76.4 Å². The van der Waals surface area contributed by atoms with Gasteiger partial charge in [-0.05, 0) is 69.1 Å². The largest absolute Gasteiger partial charge is 0.451 e. The van der Waals surface area contributed by atoms with Gasteiger partial charge < -0.3 is 24.5 Å². The quantitative estimate of drug-likeness (QED) is 0.350. The Bertz CT molecular complexity index is 1650.